The van der Waals surface area contributed by atoms with Crippen LogP contribution >= 0.6 is 0 Å². The molecule has 0 atom stereocenters. The summed E-state index contributed by atoms with van der Waals surface area (Å²) in [6.07, 6.45) is 0. The van der Waals surface area contributed by atoms with Crippen LogP contribution in [0.25, 0.3) is 5.69 Å². The van der Waals surface area contributed by atoms with Crippen molar-refractivity contribution >= 4 is 5.69 Å². The molecule has 140 valence electrons. The maximum Gasteiger partial charge on any atom is 0.345 e. The quantitative estimate of drug-likeness (QED) is 0.526. The van der Waals surface area contributed by atoms with E-state index in [0.717, 1.165) is 22.7 Å². The summed E-state index contributed by atoms with van der Waals surface area (Å²) in [5, 5.41) is 15.0. The number of hydrogen-bond donors (Lipinski definition) is 1. The molecule has 1 aromatic heterocycles. The van der Waals surface area contributed by atoms with Gasteiger partial charge in [-0.25, -0.2) is 0 Å². The van der Waals surface area contributed by atoms with E-state index in [1.807, 2.05) is 78.9 Å². The van der Waals surface area contributed by atoms with Crippen molar-refractivity contribution in [2.45, 2.75) is 6.54 Å². The van der Waals surface area contributed by atoms with Gasteiger partial charge in [-0.05, 0) is 64.5 Å². The Bertz CT molecular complexity index is 1010. The van der Waals surface area contributed by atoms with Crippen molar-refractivity contribution < 1.29 is 9.47 Å². The number of tetrazole rings is 1. The molecule has 4 aromatic rings. The predicted molar refractivity (Wildman–Crippen MR) is 106 cm³/mol. The van der Waals surface area contributed by atoms with Crippen molar-refractivity contribution in [2.75, 3.05) is 12.4 Å². The Balaban J connectivity index is 1.39. The van der Waals surface area contributed by atoms with Crippen LogP contribution in [0.5, 0.6) is 17.5 Å². The second-order valence-electron chi connectivity index (χ2n) is 6.04. The van der Waals surface area contributed by atoms with Crippen LogP contribution in [-0.4, -0.2) is 27.3 Å². The van der Waals surface area contributed by atoms with E-state index in [0.29, 0.717) is 18.3 Å². The highest BCUT2D eigenvalue weighted by atomic mass is 16.5. The van der Waals surface area contributed by atoms with Crippen LogP contribution in [0.15, 0.2) is 78.9 Å². The highest BCUT2D eigenvalue weighted by Gasteiger charge is 2.10. The van der Waals surface area contributed by atoms with Gasteiger partial charge < -0.3 is 14.8 Å². The lowest BCUT2D eigenvalue weighted by Gasteiger charge is -2.09. The van der Waals surface area contributed by atoms with Gasteiger partial charge in [0.1, 0.15) is 11.5 Å². The first kappa shape index (κ1) is 17.5. The summed E-state index contributed by atoms with van der Waals surface area (Å²) in [4.78, 5) is 0. The van der Waals surface area contributed by atoms with Crippen molar-refractivity contribution in [2.24, 2.45) is 0 Å². The summed E-state index contributed by atoms with van der Waals surface area (Å²) in [5.74, 6) is 1.50. The highest BCUT2D eigenvalue weighted by molar-refractivity contribution is 5.47. The standard InChI is InChI=1S/C21H19N5O2/c1-27-19-13-9-17(10-14-19)22-15-16-7-11-20(12-8-16)28-21-23-24-25-26(21)18-5-3-2-4-6-18/h2-14,22H,15H2,1H3. The molecule has 28 heavy (non-hydrogen) atoms. The van der Waals surface area contributed by atoms with Crippen molar-refractivity contribution in [3.8, 4) is 23.2 Å². The second-order valence-corrected chi connectivity index (χ2v) is 6.04. The number of benzene rings is 3. The Morgan fingerprint density at radius 3 is 2.29 bits per heavy atom. The Labute approximate surface area is 162 Å². The zero-order valence-electron chi connectivity index (χ0n) is 15.3. The molecule has 0 aliphatic carbocycles. The lowest BCUT2D eigenvalue weighted by molar-refractivity contribution is 0.415. The smallest absolute Gasteiger partial charge is 0.345 e. The SMILES string of the molecule is COc1ccc(NCc2ccc(Oc3nnnn3-c3ccccc3)cc2)cc1. The molecule has 0 radical (unpaired) electrons. The van der Waals surface area contributed by atoms with Gasteiger partial charge in [0.15, 0.2) is 0 Å². The van der Waals surface area contributed by atoms with Crippen LogP contribution in [-0.2, 0) is 6.54 Å². The molecule has 7 heteroatoms. The normalized spacial score (nSPS) is 10.5. The number of nitrogens with zero attached hydrogens (tertiary/aromatic N) is 4. The van der Waals surface area contributed by atoms with E-state index in [9.17, 15) is 0 Å². The van der Waals surface area contributed by atoms with Gasteiger partial charge in [-0.15, -0.1) is 0 Å². The summed E-state index contributed by atoms with van der Waals surface area (Å²) in [6, 6.07) is 25.6. The van der Waals surface area contributed by atoms with Crippen LogP contribution < -0.4 is 14.8 Å². The molecule has 0 amide bonds. The third kappa shape index (κ3) is 4.09. The zero-order valence-corrected chi connectivity index (χ0v) is 15.3. The van der Waals surface area contributed by atoms with Crippen molar-refractivity contribution in [3.05, 3.63) is 84.4 Å². The second kappa shape index (κ2) is 8.22. The van der Waals surface area contributed by atoms with E-state index in [2.05, 4.69) is 20.8 Å². The molecule has 0 saturated carbocycles. The maximum absolute atomic E-state index is 5.84. The number of para-hydroxylation sites is 1. The zero-order chi connectivity index (χ0) is 19.2. The van der Waals surface area contributed by atoms with Crippen LogP contribution in [0.4, 0.5) is 5.69 Å². The number of nitrogens with one attached hydrogen (secondary N) is 1. The Morgan fingerprint density at radius 1 is 0.857 bits per heavy atom. The van der Waals surface area contributed by atoms with Gasteiger partial charge in [0, 0.05) is 12.2 Å². The molecule has 0 aliphatic heterocycles. The lowest BCUT2D eigenvalue weighted by Crippen LogP contribution is -2.01. The fourth-order valence-corrected chi connectivity index (χ4v) is 2.67. The van der Waals surface area contributed by atoms with Gasteiger partial charge in [0.2, 0.25) is 0 Å². The third-order valence-electron chi connectivity index (χ3n) is 4.16. The summed E-state index contributed by atoms with van der Waals surface area (Å²) in [6.45, 7) is 0.703. The number of rotatable bonds is 7. The van der Waals surface area contributed by atoms with Crippen LogP contribution in [0.2, 0.25) is 0 Å². The van der Waals surface area contributed by atoms with Gasteiger partial charge in [0.25, 0.3) is 0 Å². The number of aromatic nitrogens is 4. The molecular formula is C21H19N5O2. The Hall–Kier alpha value is -3.87. The molecule has 0 bridgehead atoms. The molecule has 1 N–H and O–H groups in total. The number of ether oxygens (including phenoxy) is 2. The average molecular weight is 373 g/mol. The lowest BCUT2D eigenvalue weighted by atomic mass is 10.2. The summed E-state index contributed by atoms with van der Waals surface area (Å²) < 4.78 is 12.6. The maximum atomic E-state index is 5.84. The number of anilines is 1. The molecule has 1 heterocycles. The first-order chi connectivity index (χ1) is 13.8. The fourth-order valence-electron chi connectivity index (χ4n) is 2.67. The minimum atomic E-state index is 0.315. The van der Waals surface area contributed by atoms with Crippen LogP contribution in [0, 0.1) is 0 Å². The topological polar surface area (TPSA) is 74.1 Å². The van der Waals surface area contributed by atoms with Crippen LogP contribution in [0.1, 0.15) is 5.56 Å². The highest BCUT2D eigenvalue weighted by Crippen LogP contribution is 2.22. The molecule has 7 nitrogen and oxygen atoms in total. The van der Waals surface area contributed by atoms with E-state index in [1.165, 1.54) is 0 Å². The largest absolute Gasteiger partial charge is 0.497 e. The molecular weight excluding hydrogens is 354 g/mol. The molecule has 3 aromatic carbocycles. The summed E-state index contributed by atoms with van der Waals surface area (Å²) in [5.41, 5.74) is 3.00. The Kier molecular flexibility index (Phi) is 5.15. The molecule has 0 spiro atoms. The molecule has 4 rings (SSSR count). The summed E-state index contributed by atoms with van der Waals surface area (Å²) in [7, 11) is 1.66. The average Bonchev–Trinajstić information content (AvgIpc) is 3.22. The first-order valence-corrected chi connectivity index (χ1v) is 8.80. The van der Waals surface area contributed by atoms with E-state index < -0.39 is 0 Å². The van der Waals surface area contributed by atoms with Crippen molar-refractivity contribution in [1.29, 1.82) is 0 Å². The van der Waals surface area contributed by atoms with Gasteiger partial charge in [0.05, 0.1) is 12.8 Å². The van der Waals surface area contributed by atoms with Crippen molar-refractivity contribution in [1.82, 2.24) is 20.2 Å². The molecule has 0 fully saturated rings. The fraction of sp³-hybridized carbons (Fsp3) is 0.0952. The predicted octanol–water partition coefficient (Wildman–Crippen LogP) is 4.08. The third-order valence-corrected chi connectivity index (χ3v) is 4.16. The van der Waals surface area contributed by atoms with E-state index in [-0.39, 0.29) is 0 Å². The van der Waals surface area contributed by atoms with E-state index in [1.54, 1.807) is 11.8 Å². The first-order valence-electron chi connectivity index (χ1n) is 8.80. The molecule has 0 saturated heterocycles. The number of hydrogen-bond acceptors (Lipinski definition) is 6. The van der Waals surface area contributed by atoms with E-state index >= 15 is 0 Å². The Morgan fingerprint density at radius 2 is 1.57 bits per heavy atom. The van der Waals surface area contributed by atoms with Crippen molar-refractivity contribution in [3.63, 3.8) is 0 Å². The minimum absolute atomic E-state index is 0.315. The van der Waals surface area contributed by atoms with E-state index in [4.69, 9.17) is 9.47 Å². The van der Waals surface area contributed by atoms with Gasteiger partial charge in [-0.1, -0.05) is 35.4 Å². The minimum Gasteiger partial charge on any atom is -0.497 e. The van der Waals surface area contributed by atoms with Crippen LogP contribution in [0.3, 0.4) is 0 Å². The molecule has 0 unspecified atom stereocenters. The summed E-state index contributed by atoms with van der Waals surface area (Å²) >= 11 is 0. The number of methoxy groups -OCH3 is 1. The van der Waals surface area contributed by atoms with Gasteiger partial charge in [-0.2, -0.15) is 4.68 Å². The van der Waals surface area contributed by atoms with Gasteiger partial charge >= 0.3 is 6.01 Å². The monoisotopic (exact) mass is 373 g/mol. The molecule has 0 aliphatic rings. The van der Waals surface area contributed by atoms with Gasteiger partial charge in [-0.3, -0.25) is 0 Å².